The van der Waals surface area contributed by atoms with E-state index in [9.17, 15) is 9.59 Å². The normalized spacial score (nSPS) is 13.0. The van der Waals surface area contributed by atoms with Crippen molar-refractivity contribution in [3.05, 3.63) is 41.9 Å². The Morgan fingerprint density at radius 1 is 1.17 bits per heavy atom. The average molecular weight is 417 g/mol. The van der Waals surface area contributed by atoms with Crippen molar-refractivity contribution in [2.75, 3.05) is 6.61 Å². The van der Waals surface area contributed by atoms with E-state index in [0.29, 0.717) is 25.5 Å². The zero-order valence-electron chi connectivity index (χ0n) is 19.0. The Hall–Kier alpha value is -1.76. The molecule has 1 N–H and O–H groups in total. The van der Waals surface area contributed by atoms with Gasteiger partial charge in [0.15, 0.2) is 14.6 Å². The first-order chi connectivity index (χ1) is 13.4. The van der Waals surface area contributed by atoms with Crippen LogP contribution in [0.2, 0.25) is 18.1 Å². The van der Waals surface area contributed by atoms with E-state index in [1.165, 1.54) is 0 Å². The van der Waals surface area contributed by atoms with Gasteiger partial charge in [0.25, 0.3) is 0 Å². The van der Waals surface area contributed by atoms with E-state index < -0.39 is 8.32 Å². The van der Waals surface area contributed by atoms with Crippen molar-refractivity contribution in [2.24, 2.45) is 5.41 Å². The molecule has 1 aromatic heterocycles. The molecule has 0 spiro atoms. The van der Waals surface area contributed by atoms with Gasteiger partial charge in [-0.1, -0.05) is 58.0 Å². The van der Waals surface area contributed by atoms with E-state index in [0.717, 1.165) is 29.8 Å². The Bertz CT molecular complexity index is 821. The smallest absolute Gasteiger partial charge is 0.188 e. The van der Waals surface area contributed by atoms with Crippen LogP contribution in [0.25, 0.3) is 11.3 Å². The molecular weight excluding hydrogens is 380 g/mol. The van der Waals surface area contributed by atoms with Crippen molar-refractivity contribution >= 4 is 14.6 Å². The molecule has 29 heavy (non-hydrogen) atoms. The maximum absolute atomic E-state index is 11.8. The van der Waals surface area contributed by atoms with Crippen molar-refractivity contribution in [1.29, 1.82) is 0 Å². The zero-order valence-corrected chi connectivity index (χ0v) is 20.0. The summed E-state index contributed by atoms with van der Waals surface area (Å²) in [4.78, 5) is 27.2. The van der Waals surface area contributed by atoms with Crippen LogP contribution in [0.1, 0.15) is 57.4 Å². The quantitative estimate of drug-likeness (QED) is 0.422. The summed E-state index contributed by atoms with van der Waals surface area (Å²) in [5, 5.41) is -0.141. The summed E-state index contributed by atoms with van der Waals surface area (Å²) in [5.41, 5.74) is 2.14. The van der Waals surface area contributed by atoms with Gasteiger partial charge in [-0.2, -0.15) is 0 Å². The van der Waals surface area contributed by atoms with Crippen LogP contribution in [0.15, 0.2) is 30.3 Å². The fourth-order valence-corrected chi connectivity index (χ4v) is 4.78. The molecule has 6 heteroatoms. The SMILES string of the molecule is CCOCc1nc(C=O)c(-c2ccccc2)n1CC(C)(C)CC(C)(C)[Si](C)(C)O. The van der Waals surface area contributed by atoms with Crippen LogP contribution in [0.5, 0.6) is 0 Å². The largest absolute Gasteiger partial charge is 0.432 e. The summed E-state index contributed by atoms with van der Waals surface area (Å²) < 4.78 is 7.78. The second-order valence-electron chi connectivity index (χ2n) is 9.75. The number of hydrogen-bond donors (Lipinski definition) is 1. The zero-order chi connectivity index (χ0) is 21.9. The van der Waals surface area contributed by atoms with Crippen LogP contribution in [-0.4, -0.2) is 35.6 Å². The Balaban J connectivity index is 2.51. The molecule has 0 aliphatic rings. The molecule has 160 valence electrons. The Morgan fingerprint density at radius 3 is 2.31 bits per heavy atom. The first-order valence-electron chi connectivity index (χ1n) is 10.3. The van der Waals surface area contributed by atoms with Gasteiger partial charge < -0.3 is 14.1 Å². The molecule has 2 aromatic rings. The van der Waals surface area contributed by atoms with Gasteiger partial charge in [0.2, 0.25) is 0 Å². The highest BCUT2D eigenvalue weighted by atomic mass is 28.4. The Kier molecular flexibility index (Phi) is 7.25. The molecule has 0 saturated carbocycles. The molecule has 0 bridgehead atoms. The highest BCUT2D eigenvalue weighted by Gasteiger charge is 2.42. The number of aldehydes is 1. The third-order valence-corrected chi connectivity index (χ3v) is 9.32. The standard InChI is InChI=1S/C23H36N2O3Si/c1-8-28-15-20-24-19(14-26)21(18-12-10-9-11-13-18)25(20)17-22(2,3)16-23(4,5)29(6,7)27/h9-14,27H,8,15-17H2,1-7H3. The molecule has 0 aliphatic carbocycles. The van der Waals surface area contributed by atoms with Crippen LogP contribution < -0.4 is 0 Å². The molecule has 5 nitrogen and oxygen atoms in total. The van der Waals surface area contributed by atoms with Crippen LogP contribution in [0.4, 0.5) is 0 Å². The van der Waals surface area contributed by atoms with E-state index in [-0.39, 0.29) is 10.5 Å². The molecule has 0 aliphatic heterocycles. The molecule has 0 fully saturated rings. The molecule has 1 aromatic carbocycles. The Morgan fingerprint density at radius 2 is 1.79 bits per heavy atom. The van der Waals surface area contributed by atoms with Gasteiger partial charge in [-0.05, 0) is 36.9 Å². The van der Waals surface area contributed by atoms with E-state index in [1.54, 1.807) is 0 Å². The first-order valence-corrected chi connectivity index (χ1v) is 13.3. The Labute approximate surface area is 176 Å². The topological polar surface area (TPSA) is 64.3 Å². The van der Waals surface area contributed by atoms with Gasteiger partial charge in [-0.3, -0.25) is 4.79 Å². The van der Waals surface area contributed by atoms with Crippen molar-refractivity contribution in [3.8, 4) is 11.3 Å². The molecule has 0 amide bonds. The fraction of sp³-hybridized carbons (Fsp3) is 0.565. The third-order valence-electron chi connectivity index (χ3n) is 5.83. The minimum Gasteiger partial charge on any atom is -0.432 e. The number of benzene rings is 1. The summed E-state index contributed by atoms with van der Waals surface area (Å²) >= 11 is 0. The van der Waals surface area contributed by atoms with E-state index in [4.69, 9.17) is 4.74 Å². The molecular formula is C23H36N2O3Si. The van der Waals surface area contributed by atoms with Crippen LogP contribution in [0.3, 0.4) is 0 Å². The van der Waals surface area contributed by atoms with Gasteiger partial charge in [-0.25, -0.2) is 4.98 Å². The monoisotopic (exact) mass is 416 g/mol. The lowest BCUT2D eigenvalue weighted by molar-refractivity contribution is 0.111. The van der Waals surface area contributed by atoms with Crippen molar-refractivity contribution in [1.82, 2.24) is 9.55 Å². The van der Waals surface area contributed by atoms with Gasteiger partial charge >= 0.3 is 0 Å². The van der Waals surface area contributed by atoms with Crippen LogP contribution >= 0.6 is 0 Å². The minimum absolute atomic E-state index is 0.109. The summed E-state index contributed by atoms with van der Waals surface area (Å²) in [6.45, 7) is 16.3. The van der Waals surface area contributed by atoms with Gasteiger partial charge in [0.05, 0.1) is 5.69 Å². The van der Waals surface area contributed by atoms with Crippen molar-refractivity contribution in [3.63, 3.8) is 0 Å². The number of aromatic nitrogens is 2. The predicted octanol–water partition coefficient (Wildman–Crippen LogP) is 5.29. The van der Waals surface area contributed by atoms with Crippen molar-refractivity contribution in [2.45, 2.75) is 72.3 Å². The molecule has 2 rings (SSSR count). The lowest BCUT2D eigenvalue weighted by Crippen LogP contribution is -2.42. The van der Waals surface area contributed by atoms with Crippen molar-refractivity contribution < 1.29 is 14.3 Å². The van der Waals surface area contributed by atoms with Crippen LogP contribution in [-0.2, 0) is 17.9 Å². The van der Waals surface area contributed by atoms with Crippen LogP contribution in [0, 0.1) is 5.41 Å². The predicted molar refractivity (Wildman–Crippen MR) is 121 cm³/mol. The minimum atomic E-state index is -2.33. The summed E-state index contributed by atoms with van der Waals surface area (Å²) in [6, 6.07) is 9.92. The second kappa shape index (κ2) is 8.94. The summed E-state index contributed by atoms with van der Waals surface area (Å²) in [6.07, 6.45) is 1.70. The number of ether oxygens (including phenoxy) is 1. The van der Waals surface area contributed by atoms with Gasteiger partial charge in [-0.15, -0.1) is 0 Å². The van der Waals surface area contributed by atoms with E-state index >= 15 is 0 Å². The number of hydrogen-bond acceptors (Lipinski definition) is 4. The lowest BCUT2D eigenvalue weighted by Gasteiger charge is -2.41. The molecule has 1 heterocycles. The van der Waals surface area contributed by atoms with Gasteiger partial charge in [0, 0.05) is 18.7 Å². The molecule has 0 unspecified atom stereocenters. The summed E-state index contributed by atoms with van der Waals surface area (Å²) in [5.74, 6) is 0.763. The number of imidazole rings is 1. The second-order valence-corrected chi connectivity index (χ2v) is 14.2. The third kappa shape index (κ3) is 5.65. The highest BCUT2D eigenvalue weighted by molar-refractivity contribution is 6.72. The number of rotatable bonds is 10. The molecule has 0 atom stereocenters. The molecule has 0 radical (unpaired) electrons. The van der Waals surface area contributed by atoms with E-state index in [2.05, 4.69) is 37.2 Å². The van der Waals surface area contributed by atoms with Gasteiger partial charge in [0.1, 0.15) is 18.1 Å². The average Bonchev–Trinajstić information content (AvgIpc) is 2.95. The maximum Gasteiger partial charge on any atom is 0.188 e. The number of nitrogens with zero attached hydrogens (tertiary/aromatic N) is 2. The first kappa shape index (κ1) is 23.5. The number of carbonyl (C=O) groups excluding carboxylic acids is 1. The summed E-state index contributed by atoms with van der Waals surface area (Å²) in [7, 11) is -2.33. The number of carbonyl (C=O) groups is 1. The highest BCUT2D eigenvalue weighted by Crippen LogP contribution is 2.46. The lowest BCUT2D eigenvalue weighted by atomic mass is 9.83. The van der Waals surface area contributed by atoms with E-state index in [1.807, 2.05) is 50.3 Å². The fourth-order valence-electron chi connectivity index (χ4n) is 3.87. The maximum atomic E-state index is 11.8. The molecule has 0 saturated heterocycles.